The van der Waals surface area contributed by atoms with Gasteiger partial charge >= 0.3 is 0 Å². The Hall–Kier alpha value is -3.14. The summed E-state index contributed by atoms with van der Waals surface area (Å²) in [5.41, 5.74) is 7.45. The fourth-order valence-electron chi connectivity index (χ4n) is 4.07. The van der Waals surface area contributed by atoms with E-state index in [9.17, 15) is 9.59 Å². The summed E-state index contributed by atoms with van der Waals surface area (Å²) < 4.78 is 1.64. The van der Waals surface area contributed by atoms with Gasteiger partial charge < -0.3 is 9.47 Å². The lowest BCUT2D eigenvalue weighted by atomic mass is 9.90. The minimum absolute atomic E-state index is 0.0246. The number of aryl methyl sites for hydroxylation is 3. The Morgan fingerprint density at radius 2 is 1.68 bits per heavy atom. The van der Waals surface area contributed by atoms with Crippen LogP contribution in [0.5, 0.6) is 0 Å². The first-order valence-corrected chi connectivity index (χ1v) is 9.58. The van der Waals surface area contributed by atoms with Crippen LogP contribution in [0.2, 0.25) is 0 Å². The normalized spacial score (nSPS) is 13.5. The summed E-state index contributed by atoms with van der Waals surface area (Å²) in [6.45, 7) is 1.85. The maximum absolute atomic E-state index is 12.3. The number of rotatable bonds is 3. The Balaban J connectivity index is 1.89. The molecule has 0 fully saturated rings. The number of hydrogen-bond donors (Lipinski definition) is 0. The van der Waals surface area contributed by atoms with Crippen molar-refractivity contribution in [1.82, 2.24) is 4.57 Å². The van der Waals surface area contributed by atoms with Crippen molar-refractivity contribution in [3.05, 3.63) is 87.3 Å². The Bertz CT molecular complexity index is 1090. The van der Waals surface area contributed by atoms with Gasteiger partial charge in [-0.2, -0.15) is 0 Å². The topological polar surface area (TPSA) is 42.3 Å². The molecule has 0 spiro atoms. The summed E-state index contributed by atoms with van der Waals surface area (Å²) in [5, 5.41) is 0. The van der Waals surface area contributed by atoms with Gasteiger partial charge in [-0.05, 0) is 65.8 Å². The van der Waals surface area contributed by atoms with Crippen LogP contribution in [0.4, 0.5) is 5.69 Å². The summed E-state index contributed by atoms with van der Waals surface area (Å²) >= 11 is 0. The Morgan fingerprint density at radius 1 is 0.929 bits per heavy atom. The first-order valence-electron chi connectivity index (χ1n) is 9.58. The number of anilines is 1. The number of carbonyl (C=O) groups is 1. The number of benzene rings is 2. The number of pyridine rings is 1. The number of aromatic nitrogens is 1. The van der Waals surface area contributed by atoms with Crippen LogP contribution in [-0.2, 0) is 24.7 Å². The second kappa shape index (κ2) is 7.12. The lowest BCUT2D eigenvalue weighted by Gasteiger charge is -2.29. The molecule has 4 heteroatoms. The zero-order valence-electron chi connectivity index (χ0n) is 16.5. The summed E-state index contributed by atoms with van der Waals surface area (Å²) in [5.74, 6) is 0.160. The van der Waals surface area contributed by atoms with Crippen molar-refractivity contribution in [3.63, 3.8) is 0 Å². The molecule has 1 aromatic heterocycles. The molecule has 2 heterocycles. The summed E-state index contributed by atoms with van der Waals surface area (Å²) in [7, 11) is 3.65. The molecule has 142 valence electrons. The van der Waals surface area contributed by atoms with Crippen LogP contribution in [0.25, 0.3) is 11.1 Å². The fourth-order valence-corrected chi connectivity index (χ4v) is 4.07. The molecule has 0 N–H and O–H groups in total. The van der Waals surface area contributed by atoms with Crippen molar-refractivity contribution < 1.29 is 4.79 Å². The highest BCUT2D eigenvalue weighted by atomic mass is 16.2. The third-order valence-corrected chi connectivity index (χ3v) is 5.52. The van der Waals surface area contributed by atoms with E-state index in [1.165, 1.54) is 11.1 Å². The van der Waals surface area contributed by atoms with Gasteiger partial charge in [0.15, 0.2) is 0 Å². The smallest absolute Gasteiger partial charge is 0.253 e. The molecule has 0 radical (unpaired) electrons. The quantitative estimate of drug-likeness (QED) is 0.701. The summed E-state index contributed by atoms with van der Waals surface area (Å²) in [6, 6.07) is 16.6. The Morgan fingerprint density at radius 3 is 2.39 bits per heavy atom. The van der Waals surface area contributed by atoms with Crippen molar-refractivity contribution in [3.8, 4) is 11.1 Å². The molecule has 3 aromatic rings. The molecule has 1 amide bonds. The first kappa shape index (κ1) is 18.2. The number of nitrogens with zero attached hydrogens (tertiary/aromatic N) is 2. The maximum Gasteiger partial charge on any atom is 0.253 e. The van der Waals surface area contributed by atoms with Crippen LogP contribution < -0.4 is 10.5 Å². The van der Waals surface area contributed by atoms with Gasteiger partial charge in [-0.3, -0.25) is 9.59 Å². The predicted octanol–water partition coefficient (Wildman–Crippen LogP) is 3.86. The third kappa shape index (κ3) is 3.26. The number of carbonyl (C=O) groups excluding carboxylic acids is 1. The molecule has 4 rings (SSSR count). The highest BCUT2D eigenvalue weighted by Crippen LogP contribution is 2.36. The molecule has 4 nitrogen and oxygen atoms in total. The molecule has 0 bridgehead atoms. The monoisotopic (exact) mass is 372 g/mol. The lowest BCUT2D eigenvalue weighted by molar-refractivity contribution is -0.118. The SMILES string of the molecule is Cc1cc(-c2cc3c(c(Cc4ccccc4)c2)N(C)C(=O)CC3)cn(C)c1=O. The van der Waals surface area contributed by atoms with Gasteiger partial charge in [-0.15, -0.1) is 0 Å². The van der Waals surface area contributed by atoms with Crippen molar-refractivity contribution >= 4 is 11.6 Å². The zero-order valence-corrected chi connectivity index (χ0v) is 16.5. The van der Waals surface area contributed by atoms with Crippen LogP contribution in [0.15, 0.2) is 59.5 Å². The highest BCUT2D eigenvalue weighted by molar-refractivity contribution is 5.97. The van der Waals surface area contributed by atoms with Crippen LogP contribution in [-0.4, -0.2) is 17.5 Å². The van der Waals surface area contributed by atoms with Crippen LogP contribution >= 0.6 is 0 Å². The number of fused-ring (bicyclic) bond motifs is 1. The molecular weight excluding hydrogens is 348 g/mol. The minimum Gasteiger partial charge on any atom is -0.318 e. The predicted molar refractivity (Wildman–Crippen MR) is 113 cm³/mol. The van der Waals surface area contributed by atoms with Crippen molar-refractivity contribution in [2.24, 2.45) is 7.05 Å². The molecule has 1 aliphatic rings. The molecule has 28 heavy (non-hydrogen) atoms. The molecule has 0 aliphatic carbocycles. The van der Waals surface area contributed by atoms with Crippen LogP contribution in [0.3, 0.4) is 0 Å². The van der Waals surface area contributed by atoms with Gasteiger partial charge in [0.2, 0.25) is 5.91 Å². The Labute approximate surface area is 165 Å². The van der Waals surface area contributed by atoms with Crippen LogP contribution in [0, 0.1) is 6.92 Å². The van der Waals surface area contributed by atoms with Gasteiger partial charge in [0, 0.05) is 32.3 Å². The van der Waals surface area contributed by atoms with Gasteiger partial charge in [-0.25, -0.2) is 0 Å². The zero-order chi connectivity index (χ0) is 19.8. The summed E-state index contributed by atoms with van der Waals surface area (Å²) in [4.78, 5) is 26.2. The van der Waals surface area contributed by atoms with E-state index in [1.807, 2.05) is 44.4 Å². The van der Waals surface area contributed by atoms with Gasteiger partial charge in [0.25, 0.3) is 5.56 Å². The second-order valence-electron chi connectivity index (χ2n) is 7.59. The Kier molecular flexibility index (Phi) is 4.63. The van der Waals surface area contributed by atoms with Gasteiger partial charge in [0.1, 0.15) is 0 Å². The average Bonchev–Trinajstić information content (AvgIpc) is 2.69. The second-order valence-corrected chi connectivity index (χ2v) is 7.59. The lowest BCUT2D eigenvalue weighted by Crippen LogP contribution is -2.32. The molecule has 0 saturated carbocycles. The standard InChI is InChI=1S/C24H24N2O2/c1-16-11-21(15-25(2)24(16)28)19-13-18-9-10-22(27)26(3)23(18)20(14-19)12-17-7-5-4-6-8-17/h4-8,11,13-15H,9-10,12H2,1-3H3. The van der Waals surface area contributed by atoms with E-state index in [2.05, 4.69) is 24.3 Å². The maximum atomic E-state index is 12.3. The van der Waals surface area contributed by atoms with Gasteiger partial charge in [-0.1, -0.05) is 30.3 Å². The average molecular weight is 372 g/mol. The molecule has 2 aromatic carbocycles. The molecule has 1 aliphatic heterocycles. The molecular formula is C24H24N2O2. The highest BCUT2D eigenvalue weighted by Gasteiger charge is 2.25. The van der Waals surface area contributed by atoms with E-state index in [4.69, 9.17) is 0 Å². The molecule has 0 saturated heterocycles. The first-order chi connectivity index (χ1) is 13.4. The number of amides is 1. The van der Waals surface area contributed by atoms with E-state index in [0.717, 1.165) is 40.8 Å². The molecule has 0 unspecified atom stereocenters. The molecule has 0 atom stereocenters. The van der Waals surface area contributed by atoms with E-state index >= 15 is 0 Å². The number of hydrogen-bond acceptors (Lipinski definition) is 2. The van der Waals surface area contributed by atoms with E-state index < -0.39 is 0 Å². The minimum atomic E-state index is 0.0246. The van der Waals surface area contributed by atoms with E-state index in [-0.39, 0.29) is 11.5 Å². The van der Waals surface area contributed by atoms with Crippen molar-refractivity contribution in [2.45, 2.75) is 26.2 Å². The fraction of sp³-hybridized carbons (Fsp3) is 0.250. The van der Waals surface area contributed by atoms with Gasteiger partial charge in [0.05, 0.1) is 5.69 Å². The summed E-state index contributed by atoms with van der Waals surface area (Å²) in [6.07, 6.45) is 3.93. The largest absolute Gasteiger partial charge is 0.318 e. The van der Waals surface area contributed by atoms with Crippen LogP contribution in [0.1, 0.15) is 28.7 Å². The third-order valence-electron chi connectivity index (χ3n) is 5.52. The van der Waals surface area contributed by atoms with E-state index in [0.29, 0.717) is 6.42 Å². The van der Waals surface area contributed by atoms with Crippen molar-refractivity contribution in [1.29, 1.82) is 0 Å². The van der Waals surface area contributed by atoms with E-state index in [1.54, 1.807) is 16.5 Å². The van der Waals surface area contributed by atoms with Crippen molar-refractivity contribution in [2.75, 3.05) is 11.9 Å².